The van der Waals surface area contributed by atoms with Gasteiger partial charge in [-0.15, -0.1) is 0 Å². The van der Waals surface area contributed by atoms with Gasteiger partial charge in [-0.1, -0.05) is 13.8 Å². The van der Waals surface area contributed by atoms with Crippen molar-refractivity contribution >= 4 is 5.91 Å². The fourth-order valence-electron chi connectivity index (χ4n) is 4.53. The summed E-state index contributed by atoms with van der Waals surface area (Å²) in [7, 11) is 1.69. The molecule has 1 saturated carbocycles. The highest BCUT2D eigenvalue weighted by Crippen LogP contribution is 2.52. The number of hydrogen-bond acceptors (Lipinski definition) is 4. The summed E-state index contributed by atoms with van der Waals surface area (Å²) in [5.41, 5.74) is -0.321. The number of nitrogens with one attached hydrogen (secondary N) is 2. The molecule has 0 aromatic heterocycles. The molecule has 2 aliphatic heterocycles. The minimum Gasteiger partial charge on any atom is -0.384 e. The smallest absolute Gasteiger partial charge is 0.228 e. The highest BCUT2D eigenvalue weighted by molar-refractivity contribution is 5.83. The number of methoxy groups -OCH3 is 1. The van der Waals surface area contributed by atoms with E-state index in [0.29, 0.717) is 18.6 Å². The minimum absolute atomic E-state index is 0.0397. The second-order valence-electron chi connectivity index (χ2n) is 7.48. The lowest BCUT2D eigenvalue weighted by Crippen LogP contribution is -2.68. The number of rotatable bonds is 4. The first-order chi connectivity index (χ1) is 10.0. The Morgan fingerprint density at radius 1 is 1.38 bits per heavy atom. The summed E-state index contributed by atoms with van der Waals surface area (Å²) < 4.78 is 11.2. The number of carbonyl (C=O) groups is 1. The first kappa shape index (κ1) is 15.3. The molecule has 0 aromatic rings. The van der Waals surface area contributed by atoms with Gasteiger partial charge < -0.3 is 20.1 Å². The van der Waals surface area contributed by atoms with Crippen LogP contribution in [0.2, 0.25) is 0 Å². The summed E-state index contributed by atoms with van der Waals surface area (Å²) in [4.78, 5) is 12.9. The number of hydrogen-bond donors (Lipinski definition) is 2. The van der Waals surface area contributed by atoms with E-state index in [0.717, 1.165) is 39.0 Å². The lowest BCUT2D eigenvalue weighted by atomic mass is 9.57. The van der Waals surface area contributed by atoms with Crippen LogP contribution in [0, 0.1) is 16.7 Å². The molecule has 1 amide bonds. The van der Waals surface area contributed by atoms with Crippen LogP contribution in [0.5, 0.6) is 0 Å². The van der Waals surface area contributed by atoms with Crippen molar-refractivity contribution in [1.29, 1.82) is 0 Å². The van der Waals surface area contributed by atoms with Crippen LogP contribution < -0.4 is 10.6 Å². The van der Waals surface area contributed by atoms with Crippen molar-refractivity contribution in [3.05, 3.63) is 0 Å². The molecule has 0 bridgehead atoms. The molecular weight excluding hydrogens is 268 g/mol. The summed E-state index contributed by atoms with van der Waals surface area (Å²) in [6, 6.07) is 0.237. The van der Waals surface area contributed by atoms with Crippen LogP contribution in [-0.4, -0.2) is 51.5 Å². The molecule has 5 heteroatoms. The SMILES string of the molecule is COCC1(C(=O)NC2C3CCOC3C2(C)C)CCNCC1. The topological polar surface area (TPSA) is 59.6 Å². The van der Waals surface area contributed by atoms with E-state index in [-0.39, 0.29) is 22.8 Å². The quantitative estimate of drug-likeness (QED) is 0.810. The Kier molecular flexibility index (Phi) is 4.01. The van der Waals surface area contributed by atoms with Crippen LogP contribution in [0.25, 0.3) is 0 Å². The van der Waals surface area contributed by atoms with Crippen molar-refractivity contribution in [2.45, 2.75) is 45.3 Å². The van der Waals surface area contributed by atoms with E-state index >= 15 is 0 Å². The summed E-state index contributed by atoms with van der Waals surface area (Å²) >= 11 is 0. The van der Waals surface area contributed by atoms with Gasteiger partial charge in [-0.05, 0) is 32.4 Å². The number of ether oxygens (including phenoxy) is 2. The predicted octanol–water partition coefficient (Wildman–Crippen LogP) is 0.932. The van der Waals surface area contributed by atoms with E-state index in [4.69, 9.17) is 9.47 Å². The van der Waals surface area contributed by atoms with E-state index in [1.54, 1.807) is 7.11 Å². The van der Waals surface area contributed by atoms with E-state index in [1.807, 2.05) is 0 Å². The van der Waals surface area contributed by atoms with Gasteiger partial charge in [0.25, 0.3) is 0 Å². The normalized spacial score (nSPS) is 36.6. The Hall–Kier alpha value is -0.650. The summed E-state index contributed by atoms with van der Waals surface area (Å²) in [6.45, 7) is 7.53. The second-order valence-corrected chi connectivity index (χ2v) is 7.48. The van der Waals surface area contributed by atoms with E-state index < -0.39 is 0 Å². The maximum Gasteiger partial charge on any atom is 0.228 e. The van der Waals surface area contributed by atoms with E-state index in [1.165, 1.54) is 0 Å². The van der Waals surface area contributed by atoms with Gasteiger partial charge in [0, 0.05) is 31.1 Å². The Labute approximate surface area is 127 Å². The van der Waals surface area contributed by atoms with Crippen LogP contribution in [0.1, 0.15) is 33.1 Å². The molecule has 2 heterocycles. The molecule has 2 saturated heterocycles. The Morgan fingerprint density at radius 3 is 2.76 bits per heavy atom. The van der Waals surface area contributed by atoms with Crippen molar-refractivity contribution in [1.82, 2.24) is 10.6 Å². The summed E-state index contributed by atoms with van der Waals surface area (Å²) in [6.07, 6.45) is 3.08. The van der Waals surface area contributed by atoms with Gasteiger partial charge in [-0.3, -0.25) is 4.79 Å². The van der Waals surface area contributed by atoms with E-state index in [2.05, 4.69) is 24.5 Å². The molecule has 3 rings (SSSR count). The Bertz CT molecular complexity index is 399. The maximum atomic E-state index is 12.9. The predicted molar refractivity (Wildman–Crippen MR) is 80.0 cm³/mol. The molecule has 5 nitrogen and oxygen atoms in total. The van der Waals surface area contributed by atoms with Gasteiger partial charge in [-0.2, -0.15) is 0 Å². The molecule has 0 spiro atoms. The van der Waals surface area contributed by atoms with Crippen LogP contribution >= 0.6 is 0 Å². The molecule has 3 aliphatic rings. The fraction of sp³-hybridized carbons (Fsp3) is 0.938. The van der Waals surface area contributed by atoms with Gasteiger partial charge in [0.1, 0.15) is 0 Å². The van der Waals surface area contributed by atoms with E-state index in [9.17, 15) is 4.79 Å². The first-order valence-corrected chi connectivity index (χ1v) is 8.13. The third-order valence-electron chi connectivity index (χ3n) is 5.85. The monoisotopic (exact) mass is 296 g/mol. The lowest BCUT2D eigenvalue weighted by molar-refractivity contribution is -0.150. The van der Waals surface area contributed by atoms with Gasteiger partial charge in [0.05, 0.1) is 18.1 Å². The molecule has 3 atom stereocenters. The number of carbonyl (C=O) groups excluding carboxylic acids is 1. The lowest BCUT2D eigenvalue weighted by Gasteiger charge is -2.55. The zero-order valence-electron chi connectivity index (χ0n) is 13.4. The van der Waals surface area contributed by atoms with Crippen molar-refractivity contribution < 1.29 is 14.3 Å². The zero-order valence-corrected chi connectivity index (χ0v) is 13.4. The number of amides is 1. The van der Waals surface area contributed by atoms with Crippen LogP contribution in [-0.2, 0) is 14.3 Å². The van der Waals surface area contributed by atoms with Gasteiger partial charge in [0.2, 0.25) is 5.91 Å². The second kappa shape index (κ2) is 5.52. The van der Waals surface area contributed by atoms with Gasteiger partial charge >= 0.3 is 0 Å². The highest BCUT2D eigenvalue weighted by atomic mass is 16.5. The molecule has 3 fully saturated rings. The first-order valence-electron chi connectivity index (χ1n) is 8.13. The standard InChI is InChI=1S/C16H28N2O3/c1-15(2)12(11-4-9-21-13(11)15)18-14(19)16(10-20-3)5-7-17-8-6-16/h11-13,17H,4-10H2,1-3H3,(H,18,19). The minimum atomic E-state index is -0.360. The molecule has 21 heavy (non-hydrogen) atoms. The maximum absolute atomic E-state index is 12.9. The van der Waals surface area contributed by atoms with Crippen molar-refractivity contribution in [3.8, 4) is 0 Å². The average Bonchev–Trinajstić information content (AvgIpc) is 2.92. The molecule has 3 unspecified atom stereocenters. The number of piperidine rings is 1. The van der Waals surface area contributed by atoms with Crippen molar-refractivity contribution in [2.75, 3.05) is 33.4 Å². The van der Waals surface area contributed by atoms with Gasteiger partial charge in [0.15, 0.2) is 0 Å². The fourth-order valence-corrected chi connectivity index (χ4v) is 4.53. The zero-order chi connectivity index (χ0) is 15.1. The Morgan fingerprint density at radius 2 is 2.10 bits per heavy atom. The largest absolute Gasteiger partial charge is 0.384 e. The molecule has 1 aliphatic carbocycles. The van der Waals surface area contributed by atoms with Crippen LogP contribution in [0.3, 0.4) is 0 Å². The van der Waals surface area contributed by atoms with Crippen molar-refractivity contribution in [3.63, 3.8) is 0 Å². The third kappa shape index (κ3) is 2.39. The van der Waals surface area contributed by atoms with Crippen LogP contribution in [0.4, 0.5) is 0 Å². The molecule has 120 valence electrons. The molecular formula is C16H28N2O3. The van der Waals surface area contributed by atoms with Crippen LogP contribution in [0.15, 0.2) is 0 Å². The molecule has 0 radical (unpaired) electrons. The van der Waals surface area contributed by atoms with Gasteiger partial charge in [-0.25, -0.2) is 0 Å². The highest BCUT2D eigenvalue weighted by Gasteiger charge is 2.60. The molecule has 2 N–H and O–H groups in total. The molecule has 0 aromatic carbocycles. The summed E-state index contributed by atoms with van der Waals surface area (Å²) in [5.74, 6) is 0.666. The summed E-state index contributed by atoms with van der Waals surface area (Å²) in [5, 5.41) is 6.68. The third-order valence-corrected chi connectivity index (χ3v) is 5.85. The average molecular weight is 296 g/mol. The Balaban J connectivity index is 1.70. The number of fused-ring (bicyclic) bond motifs is 1. The van der Waals surface area contributed by atoms with Crippen molar-refractivity contribution in [2.24, 2.45) is 16.7 Å².